The first-order valence-electron chi connectivity index (χ1n) is 8.30. The second-order valence-corrected chi connectivity index (χ2v) is 7.02. The van der Waals surface area contributed by atoms with Crippen LogP contribution in [-0.4, -0.2) is 29.9 Å². The third-order valence-corrected chi connectivity index (χ3v) is 4.84. The Bertz CT molecular complexity index is 876. The van der Waals surface area contributed by atoms with Crippen molar-refractivity contribution < 1.29 is 14.3 Å². The third-order valence-electron chi connectivity index (χ3n) is 4.84. The first-order chi connectivity index (χ1) is 12.0. The fraction of sp³-hybridized carbons (Fsp3) is 0.316. The summed E-state index contributed by atoms with van der Waals surface area (Å²) in [7, 11) is 0. The number of nitrogens with zero attached hydrogens (tertiary/aromatic N) is 2. The summed E-state index contributed by atoms with van der Waals surface area (Å²) >= 11 is 0. The summed E-state index contributed by atoms with van der Waals surface area (Å²) in [5, 5.41) is 2.69. The molecule has 2 aromatic rings. The van der Waals surface area contributed by atoms with Crippen molar-refractivity contribution in [2.75, 3.05) is 23.4 Å². The predicted molar refractivity (Wildman–Crippen MR) is 94.1 cm³/mol. The zero-order valence-electron chi connectivity index (χ0n) is 14.2. The number of nitrogens with one attached hydrogen (secondary N) is 1. The molecule has 0 unspecified atom stereocenters. The number of carbonyl (C=O) groups excluding carboxylic acids is 2. The number of carbonyl (C=O) groups is 2. The van der Waals surface area contributed by atoms with Gasteiger partial charge in [-0.25, -0.2) is 4.98 Å². The van der Waals surface area contributed by atoms with E-state index in [0.29, 0.717) is 23.7 Å². The van der Waals surface area contributed by atoms with Crippen LogP contribution in [0.15, 0.2) is 36.5 Å². The predicted octanol–water partition coefficient (Wildman–Crippen LogP) is 2.74. The van der Waals surface area contributed by atoms with E-state index in [0.717, 1.165) is 17.7 Å². The Balaban J connectivity index is 1.70. The van der Waals surface area contributed by atoms with Gasteiger partial charge < -0.3 is 15.0 Å². The smallest absolute Gasteiger partial charge is 0.262 e. The minimum Gasteiger partial charge on any atom is -0.466 e. The Kier molecular flexibility index (Phi) is 3.49. The lowest BCUT2D eigenvalue weighted by molar-refractivity contribution is -0.118. The van der Waals surface area contributed by atoms with Gasteiger partial charge in [-0.05, 0) is 29.5 Å². The molecular weight excluding hydrogens is 318 g/mol. The second kappa shape index (κ2) is 5.58. The van der Waals surface area contributed by atoms with Crippen molar-refractivity contribution in [3.05, 3.63) is 47.7 Å². The molecule has 1 aromatic carbocycles. The number of aromatic nitrogens is 1. The first kappa shape index (κ1) is 15.6. The van der Waals surface area contributed by atoms with E-state index >= 15 is 0 Å². The molecule has 1 N–H and O–H groups in total. The fourth-order valence-electron chi connectivity index (χ4n) is 3.39. The van der Waals surface area contributed by atoms with Gasteiger partial charge in [0.25, 0.3) is 11.8 Å². The van der Waals surface area contributed by atoms with E-state index in [-0.39, 0.29) is 23.8 Å². The number of para-hydroxylation sites is 1. The molecule has 2 aliphatic heterocycles. The van der Waals surface area contributed by atoms with Crippen molar-refractivity contribution in [1.29, 1.82) is 0 Å². The molecule has 0 bridgehead atoms. The van der Waals surface area contributed by atoms with Gasteiger partial charge in [0.1, 0.15) is 5.69 Å². The first-order valence-corrected chi connectivity index (χ1v) is 8.30. The summed E-state index contributed by atoms with van der Waals surface area (Å²) in [4.78, 5) is 30.5. The molecule has 3 heterocycles. The molecule has 0 fully saturated rings. The topological polar surface area (TPSA) is 71.5 Å². The summed E-state index contributed by atoms with van der Waals surface area (Å²) < 4.78 is 5.25. The number of rotatable bonds is 1. The highest BCUT2D eigenvalue weighted by molar-refractivity contribution is 6.08. The molecule has 2 aliphatic rings. The van der Waals surface area contributed by atoms with Crippen LogP contribution in [0, 0.1) is 0 Å². The van der Waals surface area contributed by atoms with Crippen LogP contribution in [-0.2, 0) is 10.2 Å². The Morgan fingerprint density at radius 2 is 2.12 bits per heavy atom. The van der Waals surface area contributed by atoms with E-state index in [1.165, 1.54) is 6.20 Å². The molecule has 4 rings (SSSR count). The number of benzene rings is 1. The molecule has 0 saturated carbocycles. The summed E-state index contributed by atoms with van der Waals surface area (Å²) in [6.45, 7) is 4.98. The van der Waals surface area contributed by atoms with Crippen molar-refractivity contribution in [2.45, 2.75) is 25.7 Å². The van der Waals surface area contributed by atoms with Crippen molar-refractivity contribution in [3.8, 4) is 5.88 Å². The van der Waals surface area contributed by atoms with Gasteiger partial charge in [0.05, 0.1) is 5.56 Å². The molecule has 128 valence electrons. The summed E-state index contributed by atoms with van der Waals surface area (Å²) in [6, 6.07) is 9.63. The van der Waals surface area contributed by atoms with Gasteiger partial charge in [0, 0.05) is 18.4 Å². The van der Waals surface area contributed by atoms with Crippen molar-refractivity contribution in [1.82, 2.24) is 4.98 Å². The zero-order chi connectivity index (χ0) is 17.6. The number of ether oxygens (including phenoxy) is 1. The molecule has 0 aliphatic carbocycles. The molecule has 0 atom stereocenters. The van der Waals surface area contributed by atoms with Gasteiger partial charge in [-0.1, -0.05) is 32.0 Å². The maximum Gasteiger partial charge on any atom is 0.262 e. The number of hydrogen-bond acceptors (Lipinski definition) is 4. The zero-order valence-corrected chi connectivity index (χ0v) is 14.2. The van der Waals surface area contributed by atoms with Gasteiger partial charge in [-0.3, -0.25) is 9.59 Å². The van der Waals surface area contributed by atoms with Gasteiger partial charge in [0.15, 0.2) is 6.61 Å². The lowest BCUT2D eigenvalue weighted by Gasteiger charge is -2.39. The second-order valence-electron chi connectivity index (χ2n) is 7.02. The molecule has 0 spiro atoms. The van der Waals surface area contributed by atoms with E-state index in [1.807, 2.05) is 18.2 Å². The van der Waals surface area contributed by atoms with Crippen LogP contribution in [0.3, 0.4) is 0 Å². The number of pyridine rings is 1. The van der Waals surface area contributed by atoms with Crippen LogP contribution in [0.5, 0.6) is 5.88 Å². The maximum atomic E-state index is 13.1. The van der Waals surface area contributed by atoms with E-state index in [4.69, 9.17) is 4.74 Å². The SMILES string of the molecule is CC1(C)CCN(C(=O)c2cnc3c(c2)NC(=O)CO3)c2ccccc21. The monoisotopic (exact) mass is 337 g/mol. The summed E-state index contributed by atoms with van der Waals surface area (Å²) in [5.74, 6) is -0.0293. The van der Waals surface area contributed by atoms with Crippen molar-refractivity contribution in [2.24, 2.45) is 0 Å². The number of fused-ring (bicyclic) bond motifs is 2. The minimum absolute atomic E-state index is 0.0310. The van der Waals surface area contributed by atoms with Crippen LogP contribution >= 0.6 is 0 Å². The number of anilines is 2. The molecule has 25 heavy (non-hydrogen) atoms. The Labute approximate surface area is 145 Å². The van der Waals surface area contributed by atoms with E-state index in [1.54, 1.807) is 11.0 Å². The highest BCUT2D eigenvalue weighted by Gasteiger charge is 2.34. The molecule has 2 amide bonds. The molecule has 6 nitrogen and oxygen atoms in total. The van der Waals surface area contributed by atoms with E-state index < -0.39 is 0 Å². The van der Waals surface area contributed by atoms with Crippen LogP contribution in [0.4, 0.5) is 11.4 Å². The molecule has 0 saturated heterocycles. The normalized spacial score (nSPS) is 17.8. The Hall–Kier alpha value is -2.89. The highest BCUT2D eigenvalue weighted by Crippen LogP contribution is 2.40. The van der Waals surface area contributed by atoms with Crippen LogP contribution in [0.1, 0.15) is 36.2 Å². The van der Waals surface area contributed by atoms with E-state index in [9.17, 15) is 9.59 Å². The average Bonchev–Trinajstić information content (AvgIpc) is 2.61. The van der Waals surface area contributed by atoms with Crippen molar-refractivity contribution >= 4 is 23.2 Å². The summed E-state index contributed by atoms with van der Waals surface area (Å²) in [6.07, 6.45) is 2.38. The quantitative estimate of drug-likeness (QED) is 0.868. The van der Waals surface area contributed by atoms with Crippen LogP contribution < -0.4 is 15.0 Å². The third kappa shape index (κ3) is 2.63. The number of hydrogen-bond donors (Lipinski definition) is 1. The minimum atomic E-state index is -0.246. The van der Waals surface area contributed by atoms with Crippen molar-refractivity contribution in [3.63, 3.8) is 0 Å². The van der Waals surface area contributed by atoms with Gasteiger partial charge >= 0.3 is 0 Å². The van der Waals surface area contributed by atoms with Gasteiger partial charge in [0.2, 0.25) is 5.88 Å². The Morgan fingerprint density at radius 3 is 2.96 bits per heavy atom. The Morgan fingerprint density at radius 1 is 1.32 bits per heavy atom. The highest BCUT2D eigenvalue weighted by atomic mass is 16.5. The maximum absolute atomic E-state index is 13.1. The number of amides is 2. The summed E-state index contributed by atoms with van der Waals surface area (Å²) in [5.41, 5.74) is 2.99. The average molecular weight is 337 g/mol. The van der Waals surface area contributed by atoms with Gasteiger partial charge in [-0.15, -0.1) is 0 Å². The molecule has 1 aromatic heterocycles. The van der Waals surface area contributed by atoms with Gasteiger partial charge in [-0.2, -0.15) is 0 Å². The molecule has 0 radical (unpaired) electrons. The lowest BCUT2D eigenvalue weighted by atomic mass is 9.77. The molecule has 6 heteroatoms. The standard InChI is InChI=1S/C19H19N3O3/c1-19(2)7-8-22(15-6-4-3-5-13(15)19)18(24)12-9-14-17(20-10-12)25-11-16(23)21-14/h3-6,9-10H,7-8,11H2,1-2H3,(H,21,23). The van der Waals surface area contributed by atoms with E-state index in [2.05, 4.69) is 30.2 Å². The molecular formula is C19H19N3O3. The largest absolute Gasteiger partial charge is 0.466 e. The fourth-order valence-corrected chi connectivity index (χ4v) is 3.39. The lowest BCUT2D eigenvalue weighted by Crippen LogP contribution is -2.41. The van der Waals surface area contributed by atoms with Crippen LogP contribution in [0.2, 0.25) is 0 Å². The van der Waals surface area contributed by atoms with Crippen LogP contribution in [0.25, 0.3) is 0 Å².